The Hall–Kier alpha value is -1.44. The van der Waals surface area contributed by atoms with E-state index >= 15 is 0 Å². The maximum atomic E-state index is 11.6. The Bertz CT molecular complexity index is 482. The Labute approximate surface area is 98.9 Å². The van der Waals surface area contributed by atoms with Gasteiger partial charge in [0.25, 0.3) is 0 Å². The third-order valence-electron chi connectivity index (χ3n) is 2.73. The van der Waals surface area contributed by atoms with Gasteiger partial charge in [0, 0.05) is 13.0 Å². The molecule has 2 rings (SSSR count). The highest BCUT2D eigenvalue weighted by Gasteiger charge is 2.32. The summed E-state index contributed by atoms with van der Waals surface area (Å²) in [5.41, 5.74) is 0. The lowest BCUT2D eigenvalue weighted by molar-refractivity contribution is -0.124. The quantitative estimate of drug-likeness (QED) is 0.713. The van der Waals surface area contributed by atoms with E-state index in [1.54, 1.807) is 0 Å². The van der Waals surface area contributed by atoms with Gasteiger partial charge in [0.1, 0.15) is 12.2 Å². The van der Waals surface area contributed by atoms with Gasteiger partial charge in [-0.15, -0.1) is 0 Å². The number of nitrogens with one attached hydrogen (secondary N) is 2. The number of rotatable bonds is 4. The van der Waals surface area contributed by atoms with Gasteiger partial charge >= 0.3 is 0 Å². The summed E-state index contributed by atoms with van der Waals surface area (Å²) in [6.45, 7) is 0.435. The summed E-state index contributed by atoms with van der Waals surface area (Å²) in [5.74, 6) is 0.207. The van der Waals surface area contributed by atoms with Crippen LogP contribution in [-0.4, -0.2) is 47.6 Å². The summed E-state index contributed by atoms with van der Waals surface area (Å²) in [4.78, 5) is 15.6. The lowest BCUT2D eigenvalue weighted by Gasteiger charge is -2.08. The van der Waals surface area contributed by atoms with Gasteiger partial charge in [-0.3, -0.25) is 9.89 Å². The molecule has 0 saturated carbocycles. The zero-order chi connectivity index (χ0) is 12.3. The second-order valence-electron chi connectivity index (χ2n) is 4.07. The van der Waals surface area contributed by atoms with Crippen LogP contribution in [0.4, 0.5) is 0 Å². The molecule has 2 heterocycles. The summed E-state index contributed by atoms with van der Waals surface area (Å²) in [6, 6.07) is 0. The van der Waals surface area contributed by atoms with E-state index in [2.05, 4.69) is 20.5 Å². The molecule has 0 spiro atoms. The van der Waals surface area contributed by atoms with E-state index in [-0.39, 0.29) is 17.4 Å². The molecule has 1 aromatic heterocycles. The monoisotopic (exact) mass is 258 g/mol. The van der Waals surface area contributed by atoms with Crippen LogP contribution < -0.4 is 5.32 Å². The summed E-state index contributed by atoms with van der Waals surface area (Å²) < 4.78 is 22.4. The molecule has 0 aromatic carbocycles. The van der Waals surface area contributed by atoms with Gasteiger partial charge in [-0.05, 0) is 6.42 Å². The number of nitrogens with zero attached hydrogens (tertiary/aromatic N) is 2. The minimum absolute atomic E-state index is 0.0266. The topological polar surface area (TPSA) is 105 Å². The molecule has 1 fully saturated rings. The number of H-pyrrole nitrogens is 1. The van der Waals surface area contributed by atoms with E-state index in [1.807, 2.05) is 0 Å². The number of hydrogen-bond donors (Lipinski definition) is 2. The molecule has 0 aliphatic carbocycles. The van der Waals surface area contributed by atoms with Crippen molar-refractivity contribution in [3.63, 3.8) is 0 Å². The normalized spacial score (nSPS) is 22.5. The van der Waals surface area contributed by atoms with Crippen molar-refractivity contribution >= 4 is 15.7 Å². The number of aromatic amines is 1. The Morgan fingerprint density at radius 3 is 3.00 bits per heavy atom. The number of sulfone groups is 1. The average Bonchev–Trinajstić information content (AvgIpc) is 2.87. The van der Waals surface area contributed by atoms with Crippen molar-refractivity contribution in [2.75, 3.05) is 18.1 Å². The fourth-order valence-electron chi connectivity index (χ4n) is 1.80. The predicted octanol–water partition coefficient (Wildman–Crippen LogP) is -1.10. The van der Waals surface area contributed by atoms with Gasteiger partial charge < -0.3 is 5.32 Å². The van der Waals surface area contributed by atoms with Crippen LogP contribution in [0.3, 0.4) is 0 Å². The molecule has 1 aliphatic heterocycles. The van der Waals surface area contributed by atoms with Crippen molar-refractivity contribution in [1.29, 1.82) is 0 Å². The molecule has 8 heteroatoms. The SMILES string of the molecule is O=C(NCCc1ncn[nH]1)C1CCS(=O)(=O)C1. The average molecular weight is 258 g/mol. The number of amides is 1. The van der Waals surface area contributed by atoms with Crippen LogP contribution in [0.2, 0.25) is 0 Å². The zero-order valence-electron chi connectivity index (χ0n) is 9.22. The lowest BCUT2D eigenvalue weighted by Crippen LogP contribution is -2.32. The van der Waals surface area contributed by atoms with E-state index in [0.717, 1.165) is 0 Å². The highest BCUT2D eigenvalue weighted by atomic mass is 32.2. The minimum Gasteiger partial charge on any atom is -0.355 e. The first kappa shape index (κ1) is 12.0. The second-order valence-corrected chi connectivity index (χ2v) is 6.30. The summed E-state index contributed by atoms with van der Waals surface area (Å²) >= 11 is 0. The van der Waals surface area contributed by atoms with Crippen LogP contribution >= 0.6 is 0 Å². The zero-order valence-corrected chi connectivity index (χ0v) is 10.0. The van der Waals surface area contributed by atoms with Crippen LogP contribution in [0, 0.1) is 5.92 Å². The van der Waals surface area contributed by atoms with Crippen molar-refractivity contribution in [2.45, 2.75) is 12.8 Å². The number of carbonyl (C=O) groups excluding carboxylic acids is 1. The van der Waals surface area contributed by atoms with Gasteiger partial charge in [0.2, 0.25) is 5.91 Å². The molecule has 1 unspecified atom stereocenters. The molecule has 17 heavy (non-hydrogen) atoms. The lowest BCUT2D eigenvalue weighted by atomic mass is 10.1. The largest absolute Gasteiger partial charge is 0.355 e. The summed E-state index contributed by atoms with van der Waals surface area (Å²) in [7, 11) is -3.00. The molecule has 1 aliphatic rings. The second kappa shape index (κ2) is 4.82. The van der Waals surface area contributed by atoms with Crippen molar-refractivity contribution in [2.24, 2.45) is 5.92 Å². The molecule has 0 bridgehead atoms. The highest BCUT2D eigenvalue weighted by Crippen LogP contribution is 2.18. The van der Waals surface area contributed by atoms with E-state index in [0.29, 0.717) is 25.2 Å². The van der Waals surface area contributed by atoms with E-state index in [1.165, 1.54) is 6.33 Å². The molecule has 0 radical (unpaired) electrons. The van der Waals surface area contributed by atoms with Crippen LogP contribution in [-0.2, 0) is 21.1 Å². The molecular weight excluding hydrogens is 244 g/mol. The van der Waals surface area contributed by atoms with Crippen LogP contribution in [0.1, 0.15) is 12.2 Å². The van der Waals surface area contributed by atoms with Crippen molar-refractivity contribution in [1.82, 2.24) is 20.5 Å². The fourth-order valence-corrected chi connectivity index (χ4v) is 3.54. The maximum absolute atomic E-state index is 11.6. The molecular formula is C9H14N4O3S. The minimum atomic E-state index is -3.00. The van der Waals surface area contributed by atoms with Crippen molar-refractivity contribution in [3.05, 3.63) is 12.2 Å². The third-order valence-corrected chi connectivity index (χ3v) is 4.50. The van der Waals surface area contributed by atoms with Crippen LogP contribution in [0.5, 0.6) is 0 Å². The first-order chi connectivity index (χ1) is 8.07. The third kappa shape index (κ3) is 3.26. The van der Waals surface area contributed by atoms with Crippen LogP contribution in [0.15, 0.2) is 6.33 Å². The van der Waals surface area contributed by atoms with Gasteiger partial charge in [-0.1, -0.05) is 0 Å². The molecule has 1 aromatic rings. The fraction of sp³-hybridized carbons (Fsp3) is 0.667. The molecule has 2 N–H and O–H groups in total. The van der Waals surface area contributed by atoms with Gasteiger partial charge in [0.05, 0.1) is 17.4 Å². The molecule has 1 amide bonds. The first-order valence-corrected chi connectivity index (χ1v) is 7.21. The maximum Gasteiger partial charge on any atom is 0.224 e. The van der Waals surface area contributed by atoms with E-state index in [9.17, 15) is 13.2 Å². The number of hydrogen-bond acceptors (Lipinski definition) is 5. The van der Waals surface area contributed by atoms with E-state index in [4.69, 9.17) is 0 Å². The van der Waals surface area contributed by atoms with Crippen molar-refractivity contribution in [3.8, 4) is 0 Å². The van der Waals surface area contributed by atoms with Gasteiger partial charge in [0.15, 0.2) is 9.84 Å². The standard InChI is InChI=1S/C9H14N4O3S/c14-9(7-2-4-17(15,16)5-7)10-3-1-8-11-6-12-13-8/h6-7H,1-5H2,(H,10,14)(H,11,12,13). The summed E-state index contributed by atoms with van der Waals surface area (Å²) in [6.07, 6.45) is 2.39. The van der Waals surface area contributed by atoms with E-state index < -0.39 is 15.8 Å². The van der Waals surface area contributed by atoms with Gasteiger partial charge in [-0.2, -0.15) is 5.10 Å². The Morgan fingerprint density at radius 1 is 1.59 bits per heavy atom. The molecule has 1 saturated heterocycles. The Balaban J connectivity index is 1.75. The number of carbonyl (C=O) groups is 1. The molecule has 1 atom stereocenters. The smallest absolute Gasteiger partial charge is 0.224 e. The van der Waals surface area contributed by atoms with Gasteiger partial charge in [-0.25, -0.2) is 13.4 Å². The molecule has 7 nitrogen and oxygen atoms in total. The molecule has 94 valence electrons. The Morgan fingerprint density at radius 2 is 2.41 bits per heavy atom. The summed E-state index contributed by atoms with van der Waals surface area (Å²) in [5, 5.41) is 9.08. The first-order valence-electron chi connectivity index (χ1n) is 5.39. The Kier molecular flexibility index (Phi) is 3.41. The predicted molar refractivity (Wildman–Crippen MR) is 59.9 cm³/mol. The van der Waals surface area contributed by atoms with Crippen molar-refractivity contribution < 1.29 is 13.2 Å². The van der Waals surface area contributed by atoms with Crippen LogP contribution in [0.25, 0.3) is 0 Å². The number of aromatic nitrogens is 3. The highest BCUT2D eigenvalue weighted by molar-refractivity contribution is 7.91.